The smallest absolute Gasteiger partial charge is 0.153 e. The number of carbonyl (C=O) groups excluding carboxylic acids is 1. The third-order valence-corrected chi connectivity index (χ3v) is 2.53. The molecule has 0 unspecified atom stereocenters. The number of ether oxygens (including phenoxy) is 1. The summed E-state index contributed by atoms with van der Waals surface area (Å²) >= 11 is 0. The average molecular weight is 206 g/mol. The van der Waals surface area contributed by atoms with Crippen LogP contribution in [0, 0.1) is 6.92 Å². The van der Waals surface area contributed by atoms with Gasteiger partial charge in [-0.25, -0.2) is 0 Å². The van der Waals surface area contributed by atoms with Crippen molar-refractivity contribution in [3.05, 3.63) is 29.3 Å². The standard InChI is InChI=1S/C13H18O2/c1-5-13(3,4)15-12-7-6-10(2)8-11(12)9-14/h6-9H,5H2,1-4H3. The fourth-order valence-electron chi connectivity index (χ4n) is 1.22. The summed E-state index contributed by atoms with van der Waals surface area (Å²) in [6.07, 6.45) is 1.74. The lowest BCUT2D eigenvalue weighted by atomic mass is 10.1. The van der Waals surface area contributed by atoms with Crippen LogP contribution in [0.5, 0.6) is 5.75 Å². The van der Waals surface area contributed by atoms with Crippen molar-refractivity contribution in [3.8, 4) is 5.75 Å². The summed E-state index contributed by atoms with van der Waals surface area (Å²) in [4.78, 5) is 10.9. The van der Waals surface area contributed by atoms with E-state index in [2.05, 4.69) is 6.92 Å². The molecule has 82 valence electrons. The van der Waals surface area contributed by atoms with Crippen LogP contribution in [0.25, 0.3) is 0 Å². The highest BCUT2D eigenvalue weighted by Gasteiger charge is 2.18. The second-order valence-corrected chi connectivity index (χ2v) is 4.37. The van der Waals surface area contributed by atoms with Crippen molar-refractivity contribution >= 4 is 6.29 Å². The molecule has 0 saturated carbocycles. The molecule has 15 heavy (non-hydrogen) atoms. The molecule has 0 bridgehead atoms. The van der Waals surface area contributed by atoms with E-state index in [0.717, 1.165) is 18.3 Å². The molecule has 1 rings (SSSR count). The molecule has 0 saturated heterocycles. The Morgan fingerprint density at radius 3 is 2.60 bits per heavy atom. The molecule has 0 amide bonds. The summed E-state index contributed by atoms with van der Waals surface area (Å²) in [5.41, 5.74) is 1.46. The van der Waals surface area contributed by atoms with Crippen LogP contribution in [0.1, 0.15) is 43.1 Å². The van der Waals surface area contributed by atoms with Crippen LogP contribution in [0.4, 0.5) is 0 Å². The van der Waals surface area contributed by atoms with Crippen molar-refractivity contribution in [3.63, 3.8) is 0 Å². The van der Waals surface area contributed by atoms with Gasteiger partial charge in [-0.3, -0.25) is 4.79 Å². The van der Waals surface area contributed by atoms with Crippen LogP contribution in [-0.4, -0.2) is 11.9 Å². The lowest BCUT2D eigenvalue weighted by Crippen LogP contribution is -2.27. The number of rotatable bonds is 4. The van der Waals surface area contributed by atoms with Gasteiger partial charge in [0.05, 0.1) is 5.56 Å². The Morgan fingerprint density at radius 2 is 2.07 bits per heavy atom. The first-order chi connectivity index (χ1) is 6.98. The highest BCUT2D eigenvalue weighted by molar-refractivity contribution is 5.79. The number of carbonyl (C=O) groups is 1. The molecule has 0 spiro atoms. The molecular weight excluding hydrogens is 188 g/mol. The molecule has 0 fully saturated rings. The second kappa shape index (κ2) is 4.47. The van der Waals surface area contributed by atoms with E-state index < -0.39 is 0 Å². The van der Waals surface area contributed by atoms with E-state index in [4.69, 9.17) is 4.74 Å². The minimum absolute atomic E-state index is 0.229. The van der Waals surface area contributed by atoms with Crippen LogP contribution in [0.2, 0.25) is 0 Å². The monoisotopic (exact) mass is 206 g/mol. The Labute approximate surface area is 91.3 Å². The number of benzene rings is 1. The Kier molecular flexibility index (Phi) is 3.51. The Morgan fingerprint density at radius 1 is 1.40 bits per heavy atom. The summed E-state index contributed by atoms with van der Waals surface area (Å²) in [6.45, 7) is 8.05. The summed E-state index contributed by atoms with van der Waals surface area (Å²) in [7, 11) is 0. The van der Waals surface area contributed by atoms with Gasteiger partial charge in [-0.2, -0.15) is 0 Å². The van der Waals surface area contributed by atoms with E-state index in [1.165, 1.54) is 0 Å². The minimum Gasteiger partial charge on any atom is -0.487 e. The molecule has 1 aromatic rings. The summed E-state index contributed by atoms with van der Waals surface area (Å²) < 4.78 is 5.80. The quantitative estimate of drug-likeness (QED) is 0.706. The van der Waals surface area contributed by atoms with Gasteiger partial charge in [0.15, 0.2) is 6.29 Å². The highest BCUT2D eigenvalue weighted by atomic mass is 16.5. The predicted octanol–water partition coefficient (Wildman–Crippen LogP) is 3.37. The first kappa shape index (κ1) is 11.8. The van der Waals surface area contributed by atoms with Gasteiger partial charge in [-0.15, -0.1) is 0 Å². The van der Waals surface area contributed by atoms with Crippen molar-refractivity contribution in [1.82, 2.24) is 0 Å². The lowest BCUT2D eigenvalue weighted by molar-refractivity contribution is 0.100. The average Bonchev–Trinajstić information content (AvgIpc) is 2.20. The summed E-state index contributed by atoms with van der Waals surface area (Å²) in [5, 5.41) is 0. The number of hydrogen-bond acceptors (Lipinski definition) is 2. The maximum atomic E-state index is 10.9. The number of aryl methyl sites for hydroxylation is 1. The van der Waals surface area contributed by atoms with Crippen LogP contribution >= 0.6 is 0 Å². The fraction of sp³-hybridized carbons (Fsp3) is 0.462. The number of hydrogen-bond donors (Lipinski definition) is 0. The van der Waals surface area contributed by atoms with Gasteiger partial charge in [0.1, 0.15) is 11.4 Å². The van der Waals surface area contributed by atoms with Crippen LogP contribution in [0.3, 0.4) is 0 Å². The number of aldehydes is 1. The highest BCUT2D eigenvalue weighted by Crippen LogP contribution is 2.24. The van der Waals surface area contributed by atoms with Gasteiger partial charge < -0.3 is 4.74 Å². The molecule has 0 heterocycles. The summed E-state index contributed by atoms with van der Waals surface area (Å²) in [6, 6.07) is 5.65. The largest absolute Gasteiger partial charge is 0.487 e. The third kappa shape index (κ3) is 3.08. The van der Waals surface area contributed by atoms with Gasteiger partial charge in [0.25, 0.3) is 0 Å². The molecular formula is C13H18O2. The van der Waals surface area contributed by atoms with Crippen LogP contribution < -0.4 is 4.74 Å². The zero-order valence-electron chi connectivity index (χ0n) is 9.83. The van der Waals surface area contributed by atoms with Crippen molar-refractivity contribution in [2.24, 2.45) is 0 Å². The maximum absolute atomic E-state index is 10.9. The van der Waals surface area contributed by atoms with Gasteiger partial charge >= 0.3 is 0 Å². The first-order valence-corrected chi connectivity index (χ1v) is 5.23. The predicted molar refractivity (Wildman–Crippen MR) is 61.6 cm³/mol. The molecule has 0 atom stereocenters. The van der Waals surface area contributed by atoms with E-state index in [1.807, 2.05) is 39.0 Å². The van der Waals surface area contributed by atoms with Crippen LogP contribution in [0.15, 0.2) is 18.2 Å². The normalized spacial score (nSPS) is 11.2. The molecule has 2 heteroatoms. The van der Waals surface area contributed by atoms with Crippen molar-refractivity contribution in [1.29, 1.82) is 0 Å². The van der Waals surface area contributed by atoms with E-state index >= 15 is 0 Å². The second-order valence-electron chi connectivity index (χ2n) is 4.37. The Balaban J connectivity index is 2.99. The third-order valence-electron chi connectivity index (χ3n) is 2.53. The topological polar surface area (TPSA) is 26.3 Å². The zero-order valence-corrected chi connectivity index (χ0v) is 9.83. The molecule has 1 aromatic carbocycles. The maximum Gasteiger partial charge on any atom is 0.153 e. The molecule has 0 N–H and O–H groups in total. The lowest BCUT2D eigenvalue weighted by Gasteiger charge is -2.25. The van der Waals surface area contributed by atoms with Crippen LogP contribution in [-0.2, 0) is 0 Å². The molecule has 0 aliphatic heterocycles. The SMILES string of the molecule is CCC(C)(C)Oc1ccc(C)cc1C=O. The summed E-state index contributed by atoms with van der Waals surface area (Å²) in [5.74, 6) is 0.669. The van der Waals surface area contributed by atoms with Gasteiger partial charge in [-0.05, 0) is 39.3 Å². The molecule has 0 aromatic heterocycles. The molecule has 0 radical (unpaired) electrons. The van der Waals surface area contributed by atoms with Crippen molar-refractivity contribution in [2.75, 3.05) is 0 Å². The minimum atomic E-state index is -0.229. The van der Waals surface area contributed by atoms with Crippen molar-refractivity contribution < 1.29 is 9.53 Å². The molecule has 0 aliphatic rings. The van der Waals surface area contributed by atoms with E-state index in [-0.39, 0.29) is 5.60 Å². The fourth-order valence-corrected chi connectivity index (χ4v) is 1.22. The van der Waals surface area contributed by atoms with Crippen molar-refractivity contribution in [2.45, 2.75) is 39.7 Å². The van der Waals surface area contributed by atoms with E-state index in [1.54, 1.807) is 0 Å². The van der Waals surface area contributed by atoms with E-state index in [0.29, 0.717) is 11.3 Å². The van der Waals surface area contributed by atoms with E-state index in [9.17, 15) is 4.79 Å². The van der Waals surface area contributed by atoms with Gasteiger partial charge in [0.2, 0.25) is 0 Å². The molecule has 2 nitrogen and oxygen atoms in total. The first-order valence-electron chi connectivity index (χ1n) is 5.23. The Bertz CT molecular complexity index is 354. The zero-order chi connectivity index (χ0) is 11.5. The molecule has 0 aliphatic carbocycles. The van der Waals surface area contributed by atoms with Gasteiger partial charge in [-0.1, -0.05) is 18.6 Å². The van der Waals surface area contributed by atoms with Gasteiger partial charge in [0, 0.05) is 0 Å². The Hall–Kier alpha value is -1.31.